The predicted octanol–water partition coefficient (Wildman–Crippen LogP) is 2.65. The van der Waals surface area contributed by atoms with Gasteiger partial charge in [0.1, 0.15) is 29.6 Å². The van der Waals surface area contributed by atoms with Crippen LogP contribution < -0.4 is 10.6 Å². The molecule has 32 heavy (non-hydrogen) atoms. The van der Waals surface area contributed by atoms with E-state index >= 15 is 0 Å². The fourth-order valence-corrected chi connectivity index (χ4v) is 3.93. The summed E-state index contributed by atoms with van der Waals surface area (Å²) in [5.41, 5.74) is 2.99. The number of likely N-dealkylation sites (tertiary alicyclic amines) is 1. The zero-order valence-corrected chi connectivity index (χ0v) is 17.9. The average Bonchev–Trinajstić information content (AvgIpc) is 3.35. The van der Waals surface area contributed by atoms with Crippen LogP contribution in [-0.2, 0) is 6.54 Å². The summed E-state index contributed by atoms with van der Waals surface area (Å²) in [6.45, 7) is 4.86. The van der Waals surface area contributed by atoms with Crippen LogP contribution in [0.1, 0.15) is 42.6 Å². The first-order valence-electron chi connectivity index (χ1n) is 10.6. The quantitative estimate of drug-likeness (QED) is 0.546. The summed E-state index contributed by atoms with van der Waals surface area (Å²) in [4.78, 5) is 34.2. The first-order chi connectivity index (χ1) is 15.7. The summed E-state index contributed by atoms with van der Waals surface area (Å²) in [5.74, 6) is 1.44. The van der Waals surface area contributed by atoms with Gasteiger partial charge < -0.3 is 10.3 Å². The summed E-state index contributed by atoms with van der Waals surface area (Å²) in [7, 11) is 0. The molecule has 0 atom stereocenters. The predicted molar refractivity (Wildman–Crippen MR) is 119 cm³/mol. The minimum absolute atomic E-state index is 0.280. The third-order valence-electron chi connectivity index (χ3n) is 5.49. The van der Waals surface area contributed by atoms with E-state index < -0.39 is 0 Å². The maximum absolute atomic E-state index is 11.7. The lowest BCUT2D eigenvalue weighted by Gasteiger charge is -2.32. The molecule has 0 aliphatic carbocycles. The summed E-state index contributed by atoms with van der Waals surface area (Å²) < 4.78 is 0. The summed E-state index contributed by atoms with van der Waals surface area (Å²) in [6.07, 6.45) is 6.75. The number of carbonyl (C=O) groups is 1. The highest BCUT2D eigenvalue weighted by molar-refractivity contribution is 5.88. The monoisotopic (exact) mass is 431 g/mol. The Bertz CT molecular complexity index is 1100. The number of pyridine rings is 1. The standard InChI is InChI=1S/C22H25N9O/c1-2-24-22(32)30-20-11-16(27-14-28-20)13-31-9-5-15(6-10-31)17-3-4-18(29-19(17)12-23)21-25-7-8-26-21/h3-4,7-8,11,14-15H,2,5-6,9-10,13H2,1H3,(H,25,26)(H2,24,27,28,30,32). The van der Waals surface area contributed by atoms with Gasteiger partial charge in [0.15, 0.2) is 5.82 Å². The number of rotatable bonds is 6. The van der Waals surface area contributed by atoms with Crippen molar-refractivity contribution in [3.8, 4) is 17.6 Å². The second kappa shape index (κ2) is 9.98. The highest BCUT2D eigenvalue weighted by atomic mass is 16.2. The van der Waals surface area contributed by atoms with E-state index in [0.29, 0.717) is 42.0 Å². The maximum atomic E-state index is 11.7. The van der Waals surface area contributed by atoms with Gasteiger partial charge in [-0.05, 0) is 50.4 Å². The van der Waals surface area contributed by atoms with Gasteiger partial charge in [0, 0.05) is 31.5 Å². The second-order valence-electron chi connectivity index (χ2n) is 7.61. The molecule has 164 valence electrons. The third-order valence-corrected chi connectivity index (χ3v) is 5.49. The molecule has 0 bridgehead atoms. The Hall–Kier alpha value is -3.84. The summed E-state index contributed by atoms with van der Waals surface area (Å²) in [5, 5.41) is 15.0. The molecule has 4 rings (SSSR count). The summed E-state index contributed by atoms with van der Waals surface area (Å²) in [6, 6.07) is 7.70. The highest BCUT2D eigenvalue weighted by Crippen LogP contribution is 2.31. The first-order valence-corrected chi connectivity index (χ1v) is 10.6. The number of imidazole rings is 1. The largest absolute Gasteiger partial charge is 0.343 e. The molecule has 1 aliphatic rings. The number of nitrogens with zero attached hydrogens (tertiary/aromatic N) is 6. The molecule has 4 heterocycles. The van der Waals surface area contributed by atoms with E-state index in [2.05, 4.69) is 46.5 Å². The first kappa shape index (κ1) is 21.4. The van der Waals surface area contributed by atoms with Crippen LogP contribution in [0.25, 0.3) is 11.5 Å². The third kappa shape index (κ3) is 5.07. The minimum Gasteiger partial charge on any atom is -0.343 e. The number of amides is 2. The van der Waals surface area contributed by atoms with Crippen LogP contribution in [0.3, 0.4) is 0 Å². The van der Waals surface area contributed by atoms with Crippen LogP contribution >= 0.6 is 0 Å². The van der Waals surface area contributed by atoms with E-state index in [4.69, 9.17) is 0 Å². The van der Waals surface area contributed by atoms with Gasteiger partial charge in [0.2, 0.25) is 0 Å². The van der Waals surface area contributed by atoms with Gasteiger partial charge in [0.25, 0.3) is 0 Å². The van der Waals surface area contributed by atoms with Crippen molar-refractivity contribution < 1.29 is 4.79 Å². The number of piperidine rings is 1. The molecule has 0 unspecified atom stereocenters. The smallest absolute Gasteiger partial charge is 0.320 e. The number of hydrogen-bond donors (Lipinski definition) is 3. The van der Waals surface area contributed by atoms with Gasteiger partial charge in [-0.1, -0.05) is 6.07 Å². The Morgan fingerprint density at radius 1 is 1.28 bits per heavy atom. The van der Waals surface area contributed by atoms with Crippen LogP contribution in [0.15, 0.2) is 36.9 Å². The molecule has 10 nitrogen and oxygen atoms in total. The lowest BCUT2D eigenvalue weighted by molar-refractivity contribution is 0.202. The number of H-pyrrole nitrogens is 1. The Balaban J connectivity index is 1.37. The molecule has 3 N–H and O–H groups in total. The Morgan fingerprint density at radius 3 is 2.84 bits per heavy atom. The molecule has 0 saturated carbocycles. The molecular formula is C22H25N9O. The van der Waals surface area contributed by atoms with Gasteiger partial charge in [-0.15, -0.1) is 0 Å². The van der Waals surface area contributed by atoms with Gasteiger partial charge in [0.05, 0.1) is 5.69 Å². The van der Waals surface area contributed by atoms with Crippen molar-refractivity contribution in [3.05, 3.63) is 53.9 Å². The fourth-order valence-electron chi connectivity index (χ4n) is 3.93. The van der Waals surface area contributed by atoms with Crippen molar-refractivity contribution >= 4 is 11.8 Å². The van der Waals surface area contributed by atoms with Crippen LogP contribution in [0, 0.1) is 11.3 Å². The van der Waals surface area contributed by atoms with Crippen molar-refractivity contribution in [2.24, 2.45) is 0 Å². The summed E-state index contributed by atoms with van der Waals surface area (Å²) >= 11 is 0. The van der Waals surface area contributed by atoms with E-state index in [0.717, 1.165) is 37.2 Å². The number of aromatic amines is 1. The highest BCUT2D eigenvalue weighted by Gasteiger charge is 2.24. The molecular weight excluding hydrogens is 406 g/mol. The van der Waals surface area contributed by atoms with Crippen LogP contribution in [-0.4, -0.2) is 55.5 Å². The number of anilines is 1. The minimum atomic E-state index is -0.280. The van der Waals surface area contributed by atoms with Crippen molar-refractivity contribution in [3.63, 3.8) is 0 Å². The van der Waals surface area contributed by atoms with Crippen molar-refractivity contribution in [1.82, 2.24) is 35.1 Å². The number of nitriles is 1. The molecule has 10 heteroatoms. The maximum Gasteiger partial charge on any atom is 0.320 e. The molecule has 2 amide bonds. The van der Waals surface area contributed by atoms with Crippen LogP contribution in [0.4, 0.5) is 10.6 Å². The van der Waals surface area contributed by atoms with Gasteiger partial charge in [-0.3, -0.25) is 10.2 Å². The molecule has 1 fully saturated rings. The van der Waals surface area contributed by atoms with Gasteiger partial charge in [-0.25, -0.2) is 24.7 Å². The number of aromatic nitrogens is 5. The van der Waals surface area contributed by atoms with Crippen molar-refractivity contribution in [2.45, 2.75) is 32.2 Å². The molecule has 0 aromatic carbocycles. The Morgan fingerprint density at radius 2 is 2.12 bits per heavy atom. The van der Waals surface area contributed by atoms with Crippen LogP contribution in [0.5, 0.6) is 0 Å². The molecule has 0 spiro atoms. The lowest BCUT2D eigenvalue weighted by atomic mass is 9.88. The van der Waals surface area contributed by atoms with E-state index in [1.54, 1.807) is 18.5 Å². The second-order valence-corrected chi connectivity index (χ2v) is 7.61. The Labute approximate surface area is 186 Å². The van der Waals surface area contributed by atoms with Gasteiger partial charge in [-0.2, -0.15) is 5.26 Å². The van der Waals surface area contributed by atoms with Crippen molar-refractivity contribution in [2.75, 3.05) is 25.0 Å². The molecule has 0 radical (unpaired) electrons. The van der Waals surface area contributed by atoms with Crippen LogP contribution in [0.2, 0.25) is 0 Å². The van der Waals surface area contributed by atoms with Gasteiger partial charge >= 0.3 is 6.03 Å². The SMILES string of the molecule is CCNC(=O)Nc1cc(CN2CCC(c3ccc(-c4ncc[nH]4)nc3C#N)CC2)ncn1. The topological polar surface area (TPSA) is 136 Å². The molecule has 3 aromatic rings. The Kier molecular flexibility index (Phi) is 6.67. The number of carbonyl (C=O) groups excluding carboxylic acids is 1. The zero-order valence-electron chi connectivity index (χ0n) is 17.9. The number of hydrogen-bond acceptors (Lipinski definition) is 7. The molecule has 1 saturated heterocycles. The number of urea groups is 1. The average molecular weight is 432 g/mol. The fraction of sp³-hybridized carbons (Fsp3) is 0.364. The normalized spacial score (nSPS) is 14.6. The zero-order chi connectivity index (χ0) is 22.3. The van der Waals surface area contributed by atoms with Crippen molar-refractivity contribution in [1.29, 1.82) is 5.26 Å². The van der Waals surface area contributed by atoms with E-state index in [-0.39, 0.29) is 6.03 Å². The number of nitrogens with one attached hydrogen (secondary N) is 3. The van der Waals surface area contributed by atoms with E-state index in [1.807, 2.05) is 19.1 Å². The lowest BCUT2D eigenvalue weighted by Crippen LogP contribution is -2.33. The molecule has 1 aliphatic heterocycles. The van der Waals surface area contributed by atoms with E-state index in [9.17, 15) is 10.1 Å². The van der Waals surface area contributed by atoms with E-state index in [1.165, 1.54) is 6.33 Å². The molecule has 3 aromatic heterocycles.